The van der Waals surface area contributed by atoms with Crippen LogP contribution in [0.1, 0.15) is 11.5 Å². The molecular formula is C15H15N3O. The molecule has 3 aromatic rings. The van der Waals surface area contributed by atoms with Crippen molar-refractivity contribution in [1.82, 2.24) is 4.98 Å². The van der Waals surface area contributed by atoms with Crippen molar-refractivity contribution < 1.29 is 4.42 Å². The maximum Gasteiger partial charge on any atom is 0.123 e. The second kappa shape index (κ2) is 4.65. The lowest BCUT2D eigenvalue weighted by molar-refractivity contribution is 0.490. The van der Waals surface area contributed by atoms with E-state index < -0.39 is 0 Å². The van der Waals surface area contributed by atoms with Crippen LogP contribution in [0.2, 0.25) is 0 Å². The predicted molar refractivity (Wildman–Crippen MR) is 76.9 cm³/mol. The lowest BCUT2D eigenvalue weighted by Crippen LogP contribution is -1.99. The Labute approximate surface area is 111 Å². The van der Waals surface area contributed by atoms with Crippen LogP contribution in [0.25, 0.3) is 10.9 Å². The molecule has 2 heterocycles. The number of furan rings is 1. The Bertz CT molecular complexity index is 718. The fourth-order valence-corrected chi connectivity index (χ4v) is 2.08. The zero-order valence-electron chi connectivity index (χ0n) is 10.7. The van der Waals surface area contributed by atoms with Gasteiger partial charge in [0.2, 0.25) is 0 Å². The van der Waals surface area contributed by atoms with Gasteiger partial charge in [0.05, 0.1) is 12.1 Å². The summed E-state index contributed by atoms with van der Waals surface area (Å²) in [6, 6.07) is 11.6. The number of nitrogens with zero attached hydrogens (tertiary/aromatic N) is 1. The van der Waals surface area contributed by atoms with Crippen LogP contribution >= 0.6 is 0 Å². The predicted octanol–water partition coefficient (Wildman–Crippen LogP) is 3.33. The van der Waals surface area contributed by atoms with E-state index in [0.717, 1.165) is 33.8 Å². The summed E-state index contributed by atoms with van der Waals surface area (Å²) in [7, 11) is 0. The van der Waals surface area contributed by atoms with E-state index in [1.165, 1.54) is 0 Å². The number of nitrogens with two attached hydrogens (primary N) is 1. The van der Waals surface area contributed by atoms with Gasteiger partial charge >= 0.3 is 0 Å². The molecule has 0 saturated carbocycles. The molecular weight excluding hydrogens is 238 g/mol. The minimum Gasteiger partial charge on any atom is -0.465 e. The maximum atomic E-state index is 5.77. The Hall–Kier alpha value is -2.49. The molecule has 0 amide bonds. The average Bonchev–Trinajstić information content (AvgIpc) is 2.81. The monoisotopic (exact) mass is 253 g/mol. The molecule has 3 N–H and O–H groups in total. The number of rotatable bonds is 3. The molecule has 0 bridgehead atoms. The highest BCUT2D eigenvalue weighted by molar-refractivity contribution is 5.92. The van der Waals surface area contributed by atoms with Crippen LogP contribution < -0.4 is 11.1 Å². The van der Waals surface area contributed by atoms with Gasteiger partial charge in [-0.05, 0) is 43.3 Å². The minimum absolute atomic E-state index is 0.650. The van der Waals surface area contributed by atoms with Crippen LogP contribution in [-0.4, -0.2) is 4.98 Å². The van der Waals surface area contributed by atoms with Crippen molar-refractivity contribution in [2.75, 3.05) is 11.1 Å². The maximum absolute atomic E-state index is 5.77. The number of benzene rings is 1. The summed E-state index contributed by atoms with van der Waals surface area (Å²) in [5.41, 5.74) is 8.40. The van der Waals surface area contributed by atoms with Crippen LogP contribution in [0.3, 0.4) is 0 Å². The van der Waals surface area contributed by atoms with Crippen molar-refractivity contribution in [2.24, 2.45) is 0 Å². The number of aryl methyl sites for hydroxylation is 1. The van der Waals surface area contributed by atoms with Gasteiger partial charge in [-0.2, -0.15) is 0 Å². The van der Waals surface area contributed by atoms with Crippen molar-refractivity contribution >= 4 is 22.3 Å². The molecule has 0 spiro atoms. The van der Waals surface area contributed by atoms with Crippen LogP contribution in [0.5, 0.6) is 0 Å². The zero-order valence-corrected chi connectivity index (χ0v) is 10.7. The molecule has 3 rings (SSSR count). The van der Waals surface area contributed by atoms with E-state index in [1.54, 1.807) is 6.20 Å². The Morgan fingerprint density at radius 2 is 2.11 bits per heavy atom. The lowest BCUT2D eigenvalue weighted by atomic mass is 10.1. The van der Waals surface area contributed by atoms with Gasteiger partial charge in [-0.3, -0.25) is 4.98 Å². The first-order valence-electron chi connectivity index (χ1n) is 6.16. The molecule has 0 atom stereocenters. The summed E-state index contributed by atoms with van der Waals surface area (Å²) in [5, 5.41) is 4.42. The number of nitrogens with one attached hydrogen (secondary N) is 1. The zero-order chi connectivity index (χ0) is 13.2. The van der Waals surface area contributed by atoms with E-state index >= 15 is 0 Å². The highest BCUT2D eigenvalue weighted by atomic mass is 16.3. The lowest BCUT2D eigenvalue weighted by Gasteiger charge is -2.08. The molecule has 0 saturated heterocycles. The number of aromatic nitrogens is 1. The van der Waals surface area contributed by atoms with E-state index in [4.69, 9.17) is 10.2 Å². The molecule has 4 nitrogen and oxygen atoms in total. The smallest absolute Gasteiger partial charge is 0.123 e. The summed E-state index contributed by atoms with van der Waals surface area (Å²) in [6.07, 6.45) is 1.78. The molecule has 19 heavy (non-hydrogen) atoms. The van der Waals surface area contributed by atoms with Crippen molar-refractivity contribution in [2.45, 2.75) is 13.5 Å². The van der Waals surface area contributed by atoms with Crippen LogP contribution in [-0.2, 0) is 6.54 Å². The molecule has 0 fully saturated rings. The van der Waals surface area contributed by atoms with E-state index in [1.807, 2.05) is 43.3 Å². The number of pyridine rings is 1. The van der Waals surface area contributed by atoms with Gasteiger partial charge in [0, 0.05) is 23.0 Å². The third-order valence-electron chi connectivity index (χ3n) is 3.02. The SMILES string of the molecule is Cc1ccc(CNc2ccnc3cc(N)ccc23)o1. The molecule has 96 valence electrons. The Balaban J connectivity index is 1.88. The number of anilines is 2. The molecule has 1 aromatic carbocycles. The third-order valence-corrected chi connectivity index (χ3v) is 3.02. The fraction of sp³-hybridized carbons (Fsp3) is 0.133. The first-order chi connectivity index (χ1) is 9.22. The second-order valence-electron chi connectivity index (χ2n) is 4.50. The van der Waals surface area contributed by atoms with Crippen molar-refractivity contribution in [3.8, 4) is 0 Å². The second-order valence-corrected chi connectivity index (χ2v) is 4.50. The molecule has 0 aliphatic heterocycles. The summed E-state index contributed by atoms with van der Waals surface area (Å²) < 4.78 is 5.54. The standard InChI is InChI=1S/C15H15N3O/c1-10-2-4-12(19-10)9-18-14-6-7-17-15-8-11(16)3-5-13(14)15/h2-8H,9,16H2,1H3,(H,17,18). The summed E-state index contributed by atoms with van der Waals surface area (Å²) in [5.74, 6) is 1.84. The van der Waals surface area contributed by atoms with Gasteiger partial charge in [0.25, 0.3) is 0 Å². The quantitative estimate of drug-likeness (QED) is 0.703. The summed E-state index contributed by atoms with van der Waals surface area (Å²) >= 11 is 0. The molecule has 0 radical (unpaired) electrons. The fourth-order valence-electron chi connectivity index (χ4n) is 2.08. The third kappa shape index (κ3) is 2.38. The molecule has 4 heteroatoms. The van der Waals surface area contributed by atoms with Crippen LogP contribution in [0.4, 0.5) is 11.4 Å². The Morgan fingerprint density at radius 1 is 1.21 bits per heavy atom. The van der Waals surface area contributed by atoms with Crippen LogP contribution in [0, 0.1) is 6.92 Å². The van der Waals surface area contributed by atoms with Gasteiger partial charge in [-0.1, -0.05) is 0 Å². The molecule has 0 unspecified atom stereocenters. The number of hydrogen-bond donors (Lipinski definition) is 2. The number of fused-ring (bicyclic) bond motifs is 1. The van der Waals surface area contributed by atoms with Crippen molar-refractivity contribution in [3.63, 3.8) is 0 Å². The average molecular weight is 253 g/mol. The Morgan fingerprint density at radius 3 is 2.89 bits per heavy atom. The van der Waals surface area contributed by atoms with Crippen molar-refractivity contribution in [3.05, 3.63) is 54.1 Å². The summed E-state index contributed by atoms with van der Waals surface area (Å²) in [4.78, 5) is 4.32. The van der Waals surface area contributed by atoms with Gasteiger partial charge in [-0.15, -0.1) is 0 Å². The van der Waals surface area contributed by atoms with Gasteiger partial charge in [-0.25, -0.2) is 0 Å². The largest absolute Gasteiger partial charge is 0.465 e. The van der Waals surface area contributed by atoms with E-state index in [2.05, 4.69) is 10.3 Å². The number of hydrogen-bond acceptors (Lipinski definition) is 4. The first kappa shape index (κ1) is 11.6. The number of nitrogen functional groups attached to an aromatic ring is 1. The van der Waals surface area contributed by atoms with E-state index in [0.29, 0.717) is 6.54 Å². The highest BCUT2D eigenvalue weighted by Crippen LogP contribution is 2.23. The molecule has 2 aromatic heterocycles. The van der Waals surface area contributed by atoms with Crippen molar-refractivity contribution in [1.29, 1.82) is 0 Å². The minimum atomic E-state index is 0.650. The topological polar surface area (TPSA) is 64.1 Å². The van der Waals surface area contributed by atoms with E-state index in [9.17, 15) is 0 Å². The van der Waals surface area contributed by atoms with Gasteiger partial charge in [0.15, 0.2) is 0 Å². The molecule has 0 aliphatic rings. The summed E-state index contributed by atoms with van der Waals surface area (Å²) in [6.45, 7) is 2.59. The highest BCUT2D eigenvalue weighted by Gasteiger charge is 2.03. The van der Waals surface area contributed by atoms with Gasteiger partial charge in [0.1, 0.15) is 11.5 Å². The van der Waals surface area contributed by atoms with E-state index in [-0.39, 0.29) is 0 Å². The first-order valence-corrected chi connectivity index (χ1v) is 6.16. The Kier molecular flexibility index (Phi) is 2.83. The molecule has 0 aliphatic carbocycles. The van der Waals surface area contributed by atoms with Crippen LogP contribution in [0.15, 0.2) is 47.0 Å². The normalized spacial score (nSPS) is 10.8. The van der Waals surface area contributed by atoms with Gasteiger partial charge < -0.3 is 15.5 Å².